The number of hydrogen-bond acceptors (Lipinski definition) is 3. The molecule has 1 aromatic carbocycles. The maximum Gasteiger partial charge on any atom is 0.130 e. The number of likely N-dealkylation sites (tertiary alicyclic amines) is 2. The summed E-state index contributed by atoms with van der Waals surface area (Å²) >= 11 is 0. The van der Waals surface area contributed by atoms with Crippen LogP contribution in [0.3, 0.4) is 0 Å². The Kier molecular flexibility index (Phi) is 4.01. The Bertz CT molecular complexity index is 457. The standard InChI is InChI=1S/C15H20F2N2O/c16-12-4-3-5-13(17)11(12)8-18-9-14(15(20)10-18)19-6-1-2-7-19/h3-5,14-15,20H,1-2,6-10H2/t14-,15-/m1/s1. The van der Waals surface area contributed by atoms with Crippen LogP contribution in [-0.2, 0) is 6.54 Å². The molecule has 3 rings (SSSR count). The molecular formula is C15H20F2N2O. The summed E-state index contributed by atoms with van der Waals surface area (Å²) in [5.74, 6) is -1.02. The highest BCUT2D eigenvalue weighted by Gasteiger charge is 2.36. The zero-order chi connectivity index (χ0) is 14.1. The monoisotopic (exact) mass is 282 g/mol. The Morgan fingerprint density at radius 3 is 2.40 bits per heavy atom. The lowest BCUT2D eigenvalue weighted by Crippen LogP contribution is -2.41. The second kappa shape index (κ2) is 5.76. The van der Waals surface area contributed by atoms with Gasteiger partial charge in [-0.25, -0.2) is 8.78 Å². The van der Waals surface area contributed by atoms with Crippen LogP contribution in [0.1, 0.15) is 18.4 Å². The van der Waals surface area contributed by atoms with Gasteiger partial charge in [0.1, 0.15) is 11.6 Å². The SMILES string of the molecule is O[C@@H]1CN(Cc2c(F)cccc2F)C[C@H]1N1CCCC1. The number of aliphatic hydroxyl groups excluding tert-OH is 1. The zero-order valence-corrected chi connectivity index (χ0v) is 11.4. The third-order valence-corrected chi connectivity index (χ3v) is 4.39. The molecule has 0 unspecified atom stereocenters. The normalized spacial score (nSPS) is 28.4. The lowest BCUT2D eigenvalue weighted by Gasteiger charge is -2.25. The lowest BCUT2D eigenvalue weighted by molar-refractivity contribution is 0.0978. The Hall–Kier alpha value is -1.04. The van der Waals surface area contributed by atoms with Gasteiger partial charge in [-0.15, -0.1) is 0 Å². The van der Waals surface area contributed by atoms with Gasteiger partial charge in [-0.3, -0.25) is 9.80 Å². The molecule has 0 saturated carbocycles. The molecule has 0 amide bonds. The maximum atomic E-state index is 13.7. The van der Waals surface area contributed by atoms with Gasteiger partial charge in [-0.2, -0.15) is 0 Å². The van der Waals surface area contributed by atoms with E-state index in [9.17, 15) is 13.9 Å². The fourth-order valence-electron chi connectivity index (χ4n) is 3.32. The summed E-state index contributed by atoms with van der Waals surface area (Å²) in [5.41, 5.74) is 0.0989. The molecule has 0 radical (unpaired) electrons. The average molecular weight is 282 g/mol. The molecule has 0 bridgehead atoms. The minimum atomic E-state index is -0.510. The third-order valence-electron chi connectivity index (χ3n) is 4.39. The summed E-state index contributed by atoms with van der Waals surface area (Å²) in [6.45, 7) is 3.41. The molecule has 2 aliphatic rings. The van der Waals surface area contributed by atoms with E-state index in [1.165, 1.54) is 31.0 Å². The van der Waals surface area contributed by atoms with Gasteiger partial charge in [0, 0.05) is 31.2 Å². The summed E-state index contributed by atoms with van der Waals surface area (Å²) in [5, 5.41) is 10.2. The quantitative estimate of drug-likeness (QED) is 0.912. The average Bonchev–Trinajstić information content (AvgIpc) is 3.03. The molecule has 2 aliphatic heterocycles. The van der Waals surface area contributed by atoms with E-state index < -0.39 is 17.7 Å². The highest BCUT2D eigenvalue weighted by atomic mass is 19.1. The van der Waals surface area contributed by atoms with Gasteiger partial charge in [-0.05, 0) is 38.1 Å². The number of rotatable bonds is 3. The van der Waals surface area contributed by atoms with Gasteiger partial charge in [0.25, 0.3) is 0 Å². The molecule has 2 atom stereocenters. The minimum Gasteiger partial charge on any atom is -0.390 e. The summed E-state index contributed by atoms with van der Waals surface area (Å²) < 4.78 is 27.3. The topological polar surface area (TPSA) is 26.7 Å². The van der Waals surface area contributed by atoms with Crippen molar-refractivity contribution in [1.29, 1.82) is 0 Å². The van der Waals surface area contributed by atoms with Crippen LogP contribution in [-0.4, -0.2) is 53.2 Å². The third kappa shape index (κ3) is 2.71. The van der Waals surface area contributed by atoms with Gasteiger partial charge in [0.15, 0.2) is 0 Å². The molecule has 0 aromatic heterocycles. The van der Waals surface area contributed by atoms with Gasteiger partial charge in [0.2, 0.25) is 0 Å². The van der Waals surface area contributed by atoms with Crippen molar-refractivity contribution in [3.63, 3.8) is 0 Å². The van der Waals surface area contributed by atoms with E-state index in [0.29, 0.717) is 13.1 Å². The van der Waals surface area contributed by atoms with E-state index in [4.69, 9.17) is 0 Å². The first kappa shape index (κ1) is 13.9. The first-order valence-electron chi connectivity index (χ1n) is 7.22. The van der Waals surface area contributed by atoms with E-state index in [0.717, 1.165) is 13.1 Å². The van der Waals surface area contributed by atoms with Crippen molar-refractivity contribution < 1.29 is 13.9 Å². The molecular weight excluding hydrogens is 262 g/mol. The Balaban J connectivity index is 1.67. The molecule has 3 nitrogen and oxygen atoms in total. The molecule has 1 N–H and O–H groups in total. The van der Waals surface area contributed by atoms with Crippen molar-refractivity contribution in [2.24, 2.45) is 0 Å². The first-order chi connectivity index (χ1) is 9.65. The van der Waals surface area contributed by atoms with Gasteiger partial charge in [0.05, 0.1) is 6.10 Å². The Morgan fingerprint density at radius 2 is 1.75 bits per heavy atom. The molecule has 0 aliphatic carbocycles. The van der Waals surface area contributed by atoms with Crippen LogP contribution >= 0.6 is 0 Å². The van der Waals surface area contributed by atoms with Gasteiger partial charge < -0.3 is 5.11 Å². The van der Waals surface area contributed by atoms with Crippen LogP contribution in [0.5, 0.6) is 0 Å². The predicted molar refractivity (Wildman–Crippen MR) is 72.2 cm³/mol. The number of nitrogens with zero attached hydrogens (tertiary/aromatic N) is 2. The van der Waals surface area contributed by atoms with Crippen LogP contribution in [0.4, 0.5) is 8.78 Å². The zero-order valence-electron chi connectivity index (χ0n) is 11.4. The van der Waals surface area contributed by atoms with Gasteiger partial charge >= 0.3 is 0 Å². The van der Waals surface area contributed by atoms with Crippen LogP contribution in [0.15, 0.2) is 18.2 Å². The fraction of sp³-hybridized carbons (Fsp3) is 0.600. The number of hydrogen-bond donors (Lipinski definition) is 1. The molecule has 2 heterocycles. The molecule has 20 heavy (non-hydrogen) atoms. The highest BCUT2D eigenvalue weighted by molar-refractivity contribution is 5.20. The van der Waals surface area contributed by atoms with Crippen LogP contribution < -0.4 is 0 Å². The number of β-amino-alcohol motifs (C(OH)–C–C–N with tert-alkyl or cyclic N) is 1. The number of benzene rings is 1. The first-order valence-corrected chi connectivity index (χ1v) is 7.22. The summed E-state index contributed by atoms with van der Waals surface area (Å²) in [7, 11) is 0. The van der Waals surface area contributed by atoms with Crippen molar-refractivity contribution >= 4 is 0 Å². The smallest absolute Gasteiger partial charge is 0.130 e. The molecule has 110 valence electrons. The van der Waals surface area contributed by atoms with Crippen molar-refractivity contribution in [3.05, 3.63) is 35.4 Å². The number of halogens is 2. The van der Waals surface area contributed by atoms with Crippen LogP contribution in [0, 0.1) is 11.6 Å². The van der Waals surface area contributed by atoms with Crippen molar-refractivity contribution in [2.45, 2.75) is 31.5 Å². The molecule has 1 aromatic rings. The molecule has 0 spiro atoms. The van der Waals surface area contributed by atoms with Gasteiger partial charge in [-0.1, -0.05) is 6.07 Å². The second-order valence-corrected chi connectivity index (χ2v) is 5.77. The Labute approximate surface area is 117 Å². The van der Waals surface area contributed by atoms with E-state index >= 15 is 0 Å². The Morgan fingerprint density at radius 1 is 1.10 bits per heavy atom. The largest absolute Gasteiger partial charge is 0.390 e. The van der Waals surface area contributed by atoms with E-state index in [1.54, 1.807) is 0 Å². The van der Waals surface area contributed by atoms with E-state index in [-0.39, 0.29) is 18.2 Å². The maximum absolute atomic E-state index is 13.7. The molecule has 2 fully saturated rings. The number of aliphatic hydroxyl groups is 1. The van der Waals surface area contributed by atoms with E-state index in [1.807, 2.05) is 4.90 Å². The summed E-state index contributed by atoms with van der Waals surface area (Å²) in [6, 6.07) is 4.04. The van der Waals surface area contributed by atoms with Crippen molar-refractivity contribution in [1.82, 2.24) is 9.80 Å². The summed E-state index contributed by atoms with van der Waals surface area (Å²) in [4.78, 5) is 4.23. The lowest BCUT2D eigenvalue weighted by atomic mass is 10.2. The summed E-state index contributed by atoms with van der Waals surface area (Å²) in [6.07, 6.45) is 1.92. The second-order valence-electron chi connectivity index (χ2n) is 5.77. The van der Waals surface area contributed by atoms with Crippen molar-refractivity contribution in [2.75, 3.05) is 26.2 Å². The van der Waals surface area contributed by atoms with Crippen LogP contribution in [0.2, 0.25) is 0 Å². The molecule has 2 saturated heterocycles. The predicted octanol–water partition coefficient (Wildman–Crippen LogP) is 1.61. The fourth-order valence-corrected chi connectivity index (χ4v) is 3.32. The minimum absolute atomic E-state index is 0.0989. The van der Waals surface area contributed by atoms with Crippen molar-refractivity contribution in [3.8, 4) is 0 Å². The molecule has 5 heteroatoms. The van der Waals surface area contributed by atoms with Crippen LogP contribution in [0.25, 0.3) is 0 Å². The van der Waals surface area contributed by atoms with E-state index in [2.05, 4.69) is 4.90 Å². The highest BCUT2D eigenvalue weighted by Crippen LogP contribution is 2.23.